The number of benzene rings is 2. The lowest BCUT2D eigenvalue weighted by Gasteiger charge is -2.08. The minimum absolute atomic E-state index is 0.0266. The molecule has 0 spiro atoms. The number of halogens is 1. The molecule has 3 rings (SSSR count). The molecular formula is C18H17ClN4O2S. The van der Waals surface area contributed by atoms with E-state index in [-0.39, 0.29) is 11.6 Å². The average molecular weight is 389 g/mol. The highest BCUT2D eigenvalue weighted by Crippen LogP contribution is 2.19. The third-order valence-electron chi connectivity index (χ3n) is 3.52. The largest absolute Gasteiger partial charge is 0.339 e. The number of hydrogen-bond acceptors (Lipinski definition) is 5. The zero-order valence-electron chi connectivity index (χ0n) is 13.8. The molecule has 8 heteroatoms. The fraction of sp³-hybridized carbons (Fsp3) is 0.111. The molecule has 2 N–H and O–H groups in total. The van der Waals surface area contributed by atoms with Crippen molar-refractivity contribution in [3.63, 3.8) is 0 Å². The minimum Gasteiger partial charge on any atom is -0.339 e. The molecule has 0 saturated heterocycles. The maximum absolute atomic E-state index is 12.2. The SMILES string of the molecule is O=S(=O)(CCc1ccccc1)Nc1ccc(Nc2cccc(Cl)c2)nn1. The smallest absolute Gasteiger partial charge is 0.234 e. The van der Waals surface area contributed by atoms with Gasteiger partial charge in [0.2, 0.25) is 10.0 Å². The first-order valence-electron chi connectivity index (χ1n) is 7.91. The van der Waals surface area contributed by atoms with E-state index in [0.717, 1.165) is 11.3 Å². The normalized spacial score (nSPS) is 11.1. The summed E-state index contributed by atoms with van der Waals surface area (Å²) in [4.78, 5) is 0. The molecule has 0 amide bonds. The first-order valence-corrected chi connectivity index (χ1v) is 9.94. The van der Waals surface area contributed by atoms with Crippen LogP contribution in [0.25, 0.3) is 0 Å². The summed E-state index contributed by atoms with van der Waals surface area (Å²) in [5.41, 5.74) is 1.73. The van der Waals surface area contributed by atoms with Crippen LogP contribution in [0.15, 0.2) is 66.7 Å². The number of anilines is 3. The monoisotopic (exact) mass is 388 g/mol. The summed E-state index contributed by atoms with van der Waals surface area (Å²) in [5, 5.41) is 11.5. The summed E-state index contributed by atoms with van der Waals surface area (Å²) in [6.45, 7) is 0. The Kier molecular flexibility index (Phi) is 5.70. The summed E-state index contributed by atoms with van der Waals surface area (Å²) in [6.07, 6.45) is 0.429. The standard InChI is InChI=1S/C18H17ClN4O2S/c19-15-7-4-8-16(13-15)20-17-9-10-18(22-21-17)23-26(24,25)12-11-14-5-2-1-3-6-14/h1-10,13H,11-12H2,(H,20,21)(H,22,23). The zero-order chi connectivity index (χ0) is 18.4. The molecule has 134 valence electrons. The molecule has 0 unspecified atom stereocenters. The summed E-state index contributed by atoms with van der Waals surface area (Å²) >= 11 is 5.93. The van der Waals surface area contributed by atoms with Gasteiger partial charge in [0.05, 0.1) is 5.75 Å². The summed E-state index contributed by atoms with van der Waals surface area (Å²) in [5.74, 6) is 0.635. The fourth-order valence-electron chi connectivity index (χ4n) is 2.27. The third-order valence-corrected chi connectivity index (χ3v) is 5.02. The quantitative estimate of drug-likeness (QED) is 0.642. The predicted molar refractivity (Wildman–Crippen MR) is 104 cm³/mol. The Morgan fingerprint density at radius 1 is 0.885 bits per heavy atom. The van der Waals surface area contributed by atoms with E-state index in [1.807, 2.05) is 42.5 Å². The molecule has 0 radical (unpaired) electrons. The Labute approximate surface area is 157 Å². The number of rotatable bonds is 7. The molecule has 1 heterocycles. The highest BCUT2D eigenvalue weighted by Gasteiger charge is 2.12. The van der Waals surface area contributed by atoms with Gasteiger partial charge in [0.25, 0.3) is 0 Å². The van der Waals surface area contributed by atoms with Gasteiger partial charge in [-0.15, -0.1) is 10.2 Å². The average Bonchev–Trinajstić information content (AvgIpc) is 2.63. The van der Waals surface area contributed by atoms with Crippen molar-refractivity contribution in [2.45, 2.75) is 6.42 Å². The molecule has 0 saturated carbocycles. The molecule has 0 atom stereocenters. The Bertz CT molecular complexity index is 964. The van der Waals surface area contributed by atoms with Gasteiger partial charge in [0.1, 0.15) is 0 Å². The van der Waals surface area contributed by atoms with E-state index in [9.17, 15) is 8.42 Å². The maximum Gasteiger partial charge on any atom is 0.234 e. The Morgan fingerprint density at radius 2 is 1.62 bits per heavy atom. The van der Waals surface area contributed by atoms with Gasteiger partial charge in [-0.3, -0.25) is 4.72 Å². The summed E-state index contributed by atoms with van der Waals surface area (Å²) < 4.78 is 26.8. The Morgan fingerprint density at radius 3 is 2.31 bits per heavy atom. The van der Waals surface area contributed by atoms with Crippen molar-refractivity contribution >= 4 is 38.9 Å². The molecule has 0 aliphatic rings. The van der Waals surface area contributed by atoms with Crippen LogP contribution in [0.4, 0.5) is 17.3 Å². The Hall–Kier alpha value is -2.64. The first-order chi connectivity index (χ1) is 12.5. The number of aromatic nitrogens is 2. The van der Waals surface area contributed by atoms with Gasteiger partial charge in [-0.05, 0) is 42.3 Å². The highest BCUT2D eigenvalue weighted by atomic mass is 35.5. The van der Waals surface area contributed by atoms with Gasteiger partial charge >= 0.3 is 0 Å². The molecule has 26 heavy (non-hydrogen) atoms. The van der Waals surface area contributed by atoms with Crippen molar-refractivity contribution in [1.29, 1.82) is 0 Å². The van der Waals surface area contributed by atoms with Crippen molar-refractivity contribution in [2.75, 3.05) is 15.8 Å². The van der Waals surface area contributed by atoms with Crippen LogP contribution in [0.3, 0.4) is 0 Å². The van der Waals surface area contributed by atoms with Crippen molar-refractivity contribution in [2.24, 2.45) is 0 Å². The van der Waals surface area contributed by atoms with E-state index < -0.39 is 10.0 Å². The van der Waals surface area contributed by atoms with Crippen LogP contribution in [0.5, 0.6) is 0 Å². The van der Waals surface area contributed by atoms with E-state index >= 15 is 0 Å². The second-order valence-corrected chi connectivity index (χ2v) is 7.87. The molecular weight excluding hydrogens is 372 g/mol. The molecule has 0 aliphatic carbocycles. The van der Waals surface area contributed by atoms with E-state index in [4.69, 9.17) is 11.6 Å². The van der Waals surface area contributed by atoms with Crippen molar-refractivity contribution < 1.29 is 8.42 Å². The lowest BCUT2D eigenvalue weighted by Crippen LogP contribution is -2.19. The molecule has 0 aliphatic heterocycles. The summed E-state index contributed by atoms with van der Waals surface area (Å²) in [6, 6.07) is 19.8. The number of hydrogen-bond donors (Lipinski definition) is 2. The topological polar surface area (TPSA) is 84.0 Å². The van der Waals surface area contributed by atoms with E-state index in [2.05, 4.69) is 20.2 Å². The molecule has 1 aromatic heterocycles. The van der Waals surface area contributed by atoms with Crippen LogP contribution in [-0.4, -0.2) is 24.4 Å². The van der Waals surface area contributed by atoms with Gasteiger partial charge < -0.3 is 5.32 Å². The predicted octanol–water partition coefficient (Wildman–Crippen LogP) is 3.86. The zero-order valence-corrected chi connectivity index (χ0v) is 15.3. The molecule has 6 nitrogen and oxygen atoms in total. The maximum atomic E-state index is 12.2. The lowest BCUT2D eigenvalue weighted by atomic mass is 10.2. The first kappa shape index (κ1) is 18.2. The second-order valence-electron chi connectivity index (χ2n) is 5.60. The third kappa shape index (κ3) is 5.44. The molecule has 0 fully saturated rings. The van der Waals surface area contributed by atoms with E-state index in [1.54, 1.807) is 24.3 Å². The summed E-state index contributed by atoms with van der Waals surface area (Å²) in [7, 11) is -3.50. The number of sulfonamides is 1. The number of nitrogens with one attached hydrogen (secondary N) is 2. The van der Waals surface area contributed by atoms with Crippen LogP contribution >= 0.6 is 11.6 Å². The van der Waals surface area contributed by atoms with Crippen molar-refractivity contribution in [3.8, 4) is 0 Å². The molecule has 2 aromatic carbocycles. The van der Waals surface area contributed by atoms with Crippen LogP contribution in [-0.2, 0) is 16.4 Å². The lowest BCUT2D eigenvalue weighted by molar-refractivity contribution is 0.600. The minimum atomic E-state index is -3.50. The highest BCUT2D eigenvalue weighted by molar-refractivity contribution is 7.92. The van der Waals surface area contributed by atoms with Gasteiger partial charge in [0.15, 0.2) is 11.6 Å². The second kappa shape index (κ2) is 8.16. The van der Waals surface area contributed by atoms with Crippen molar-refractivity contribution in [3.05, 3.63) is 77.3 Å². The van der Waals surface area contributed by atoms with E-state index in [1.165, 1.54) is 0 Å². The fourth-order valence-corrected chi connectivity index (χ4v) is 3.50. The van der Waals surface area contributed by atoms with Crippen molar-refractivity contribution in [1.82, 2.24) is 10.2 Å². The van der Waals surface area contributed by atoms with Crippen LogP contribution < -0.4 is 10.0 Å². The molecule has 3 aromatic rings. The Balaban J connectivity index is 1.59. The van der Waals surface area contributed by atoms with Crippen LogP contribution in [0.1, 0.15) is 5.56 Å². The number of nitrogens with zero attached hydrogens (tertiary/aromatic N) is 2. The van der Waals surface area contributed by atoms with Gasteiger partial charge in [0, 0.05) is 10.7 Å². The molecule has 0 bridgehead atoms. The van der Waals surface area contributed by atoms with Gasteiger partial charge in [-0.2, -0.15) is 0 Å². The van der Waals surface area contributed by atoms with Gasteiger partial charge in [-0.1, -0.05) is 48.0 Å². The van der Waals surface area contributed by atoms with Crippen LogP contribution in [0.2, 0.25) is 5.02 Å². The number of aryl methyl sites for hydroxylation is 1. The van der Waals surface area contributed by atoms with Crippen LogP contribution in [0, 0.1) is 0 Å². The van der Waals surface area contributed by atoms with Gasteiger partial charge in [-0.25, -0.2) is 8.42 Å². The van der Waals surface area contributed by atoms with E-state index in [0.29, 0.717) is 17.3 Å².